The van der Waals surface area contributed by atoms with Crippen LogP contribution in [0, 0.1) is 17.3 Å². The predicted octanol–water partition coefficient (Wildman–Crippen LogP) is 3.78. The molecular formula is C12H20. The second-order valence-electron chi connectivity index (χ2n) is 4.76. The molecular weight excluding hydrogens is 144 g/mol. The monoisotopic (exact) mass is 164 g/mol. The van der Waals surface area contributed by atoms with Gasteiger partial charge in [0.1, 0.15) is 0 Å². The molecule has 68 valence electrons. The molecule has 2 rings (SSSR count). The van der Waals surface area contributed by atoms with E-state index in [1.54, 1.807) is 5.57 Å². The Balaban J connectivity index is 2.14. The third kappa shape index (κ3) is 0.901. The first kappa shape index (κ1) is 8.34. The first-order valence-corrected chi connectivity index (χ1v) is 5.42. The van der Waals surface area contributed by atoms with E-state index in [0.29, 0.717) is 5.41 Å². The molecule has 2 aliphatic rings. The minimum atomic E-state index is 0.673. The van der Waals surface area contributed by atoms with E-state index in [0.717, 1.165) is 11.8 Å². The smallest absolute Gasteiger partial charge is 0.00877 e. The van der Waals surface area contributed by atoms with Gasteiger partial charge in [0, 0.05) is 0 Å². The largest absolute Gasteiger partial charge is 0.0811 e. The van der Waals surface area contributed by atoms with E-state index in [9.17, 15) is 0 Å². The van der Waals surface area contributed by atoms with E-state index < -0.39 is 0 Å². The summed E-state index contributed by atoms with van der Waals surface area (Å²) in [5.74, 6) is 1.73. The Kier molecular flexibility index (Phi) is 1.82. The number of allylic oxidation sites excluding steroid dienone is 2. The summed E-state index contributed by atoms with van der Waals surface area (Å²) in [6.07, 6.45) is 8.29. The summed E-state index contributed by atoms with van der Waals surface area (Å²) in [5, 5.41) is 0. The van der Waals surface area contributed by atoms with Crippen LogP contribution >= 0.6 is 0 Å². The van der Waals surface area contributed by atoms with E-state index in [4.69, 9.17) is 0 Å². The van der Waals surface area contributed by atoms with Crippen molar-refractivity contribution < 1.29 is 0 Å². The van der Waals surface area contributed by atoms with Gasteiger partial charge in [-0.15, -0.1) is 0 Å². The first-order valence-electron chi connectivity index (χ1n) is 5.42. The molecule has 1 fully saturated rings. The average Bonchev–Trinajstić information content (AvgIpc) is 2.02. The zero-order valence-electron chi connectivity index (χ0n) is 8.56. The predicted molar refractivity (Wildman–Crippen MR) is 53.0 cm³/mol. The summed E-state index contributed by atoms with van der Waals surface area (Å²) < 4.78 is 0. The molecule has 0 radical (unpaired) electrons. The molecule has 0 aromatic rings. The molecule has 0 heteroatoms. The molecule has 12 heavy (non-hydrogen) atoms. The molecule has 0 amide bonds. The fourth-order valence-corrected chi connectivity index (χ4v) is 2.85. The van der Waals surface area contributed by atoms with E-state index in [2.05, 4.69) is 26.8 Å². The Morgan fingerprint density at radius 2 is 2.08 bits per heavy atom. The summed E-state index contributed by atoms with van der Waals surface area (Å²) in [4.78, 5) is 0. The van der Waals surface area contributed by atoms with Gasteiger partial charge < -0.3 is 0 Å². The highest BCUT2D eigenvalue weighted by atomic mass is 14.5. The van der Waals surface area contributed by atoms with Crippen LogP contribution in [0.15, 0.2) is 11.6 Å². The maximum Gasteiger partial charge on any atom is -0.00877 e. The van der Waals surface area contributed by atoms with Crippen LogP contribution in [0.25, 0.3) is 0 Å². The van der Waals surface area contributed by atoms with Crippen molar-refractivity contribution in [1.82, 2.24) is 0 Å². The standard InChI is InChI=1S/C12H20/c1-4-12(6-5-7-12)11-8-9(2)10(11)3/h8-10H,4-7H2,1-3H3. The third-order valence-corrected chi connectivity index (χ3v) is 4.32. The van der Waals surface area contributed by atoms with Crippen LogP contribution < -0.4 is 0 Å². The number of hydrogen-bond donors (Lipinski definition) is 0. The molecule has 0 bridgehead atoms. The fourth-order valence-electron chi connectivity index (χ4n) is 2.85. The second-order valence-corrected chi connectivity index (χ2v) is 4.76. The van der Waals surface area contributed by atoms with Gasteiger partial charge in [0.15, 0.2) is 0 Å². The van der Waals surface area contributed by atoms with E-state index in [1.165, 1.54) is 25.7 Å². The van der Waals surface area contributed by atoms with Gasteiger partial charge in [-0.05, 0) is 36.5 Å². The second kappa shape index (κ2) is 2.61. The van der Waals surface area contributed by atoms with E-state index in [-0.39, 0.29) is 0 Å². The Labute approximate surface area is 76.1 Å². The van der Waals surface area contributed by atoms with Crippen molar-refractivity contribution >= 4 is 0 Å². The summed E-state index contributed by atoms with van der Waals surface area (Å²) in [6, 6.07) is 0. The zero-order chi connectivity index (χ0) is 8.77. The van der Waals surface area contributed by atoms with Gasteiger partial charge >= 0.3 is 0 Å². The molecule has 0 aliphatic heterocycles. The molecule has 2 aliphatic carbocycles. The van der Waals surface area contributed by atoms with Gasteiger partial charge in [-0.3, -0.25) is 0 Å². The Hall–Kier alpha value is -0.260. The Bertz CT molecular complexity index is 203. The summed E-state index contributed by atoms with van der Waals surface area (Å²) >= 11 is 0. The van der Waals surface area contributed by atoms with Crippen LogP contribution in [-0.2, 0) is 0 Å². The molecule has 0 nitrogen and oxygen atoms in total. The van der Waals surface area contributed by atoms with Crippen molar-refractivity contribution in [2.24, 2.45) is 17.3 Å². The van der Waals surface area contributed by atoms with Gasteiger partial charge in [-0.1, -0.05) is 38.8 Å². The normalized spacial score (nSPS) is 38.1. The lowest BCUT2D eigenvalue weighted by Gasteiger charge is -2.51. The van der Waals surface area contributed by atoms with Crippen LogP contribution in [0.2, 0.25) is 0 Å². The molecule has 1 saturated carbocycles. The third-order valence-electron chi connectivity index (χ3n) is 4.32. The van der Waals surface area contributed by atoms with Gasteiger partial charge in [-0.25, -0.2) is 0 Å². The van der Waals surface area contributed by atoms with Crippen LogP contribution in [0.5, 0.6) is 0 Å². The van der Waals surface area contributed by atoms with Crippen LogP contribution in [0.4, 0.5) is 0 Å². The van der Waals surface area contributed by atoms with Crippen LogP contribution in [-0.4, -0.2) is 0 Å². The Morgan fingerprint density at radius 3 is 2.33 bits per heavy atom. The maximum atomic E-state index is 2.52. The van der Waals surface area contributed by atoms with E-state index in [1.807, 2.05) is 0 Å². The number of rotatable bonds is 2. The van der Waals surface area contributed by atoms with Crippen molar-refractivity contribution in [2.45, 2.75) is 46.5 Å². The quantitative estimate of drug-likeness (QED) is 0.545. The van der Waals surface area contributed by atoms with Crippen molar-refractivity contribution in [3.05, 3.63) is 11.6 Å². The summed E-state index contributed by atoms with van der Waals surface area (Å²) in [6.45, 7) is 7.10. The molecule has 0 aromatic heterocycles. The molecule has 0 N–H and O–H groups in total. The van der Waals surface area contributed by atoms with Crippen molar-refractivity contribution in [3.8, 4) is 0 Å². The molecule has 0 aromatic carbocycles. The lowest BCUT2D eigenvalue weighted by Crippen LogP contribution is -2.39. The summed E-state index contributed by atoms with van der Waals surface area (Å²) in [5.41, 5.74) is 2.47. The van der Waals surface area contributed by atoms with Crippen LogP contribution in [0.1, 0.15) is 46.5 Å². The Morgan fingerprint density at radius 1 is 1.42 bits per heavy atom. The van der Waals surface area contributed by atoms with Gasteiger partial charge in [-0.2, -0.15) is 0 Å². The zero-order valence-corrected chi connectivity index (χ0v) is 8.56. The highest BCUT2D eigenvalue weighted by molar-refractivity contribution is 5.29. The lowest BCUT2D eigenvalue weighted by molar-refractivity contribution is 0.140. The topological polar surface area (TPSA) is 0 Å². The average molecular weight is 164 g/mol. The minimum Gasteiger partial charge on any atom is -0.0811 e. The SMILES string of the molecule is CCC1(C2=CC(C)C2C)CCC1. The van der Waals surface area contributed by atoms with Crippen molar-refractivity contribution in [2.75, 3.05) is 0 Å². The van der Waals surface area contributed by atoms with Gasteiger partial charge in [0.2, 0.25) is 0 Å². The summed E-state index contributed by atoms with van der Waals surface area (Å²) in [7, 11) is 0. The molecule has 0 saturated heterocycles. The minimum absolute atomic E-state index is 0.673. The lowest BCUT2D eigenvalue weighted by atomic mass is 9.54. The van der Waals surface area contributed by atoms with Gasteiger partial charge in [0.05, 0.1) is 0 Å². The molecule has 2 unspecified atom stereocenters. The highest BCUT2D eigenvalue weighted by Crippen LogP contribution is 2.56. The molecule has 2 atom stereocenters. The first-order chi connectivity index (χ1) is 5.69. The fraction of sp³-hybridized carbons (Fsp3) is 0.833. The van der Waals surface area contributed by atoms with Crippen molar-refractivity contribution in [3.63, 3.8) is 0 Å². The maximum absolute atomic E-state index is 2.52. The number of hydrogen-bond acceptors (Lipinski definition) is 0. The van der Waals surface area contributed by atoms with E-state index >= 15 is 0 Å². The molecule has 0 spiro atoms. The molecule has 0 heterocycles. The highest BCUT2D eigenvalue weighted by Gasteiger charge is 2.44. The van der Waals surface area contributed by atoms with Gasteiger partial charge in [0.25, 0.3) is 0 Å². The van der Waals surface area contributed by atoms with Crippen LogP contribution in [0.3, 0.4) is 0 Å². The van der Waals surface area contributed by atoms with Crippen molar-refractivity contribution in [1.29, 1.82) is 0 Å².